The minimum atomic E-state index is -0.422. The Balaban J connectivity index is 1.64. The summed E-state index contributed by atoms with van der Waals surface area (Å²) in [4.78, 5) is 10.5. The van der Waals surface area contributed by atoms with Crippen LogP contribution in [0.3, 0.4) is 0 Å². The molecule has 4 rings (SSSR count). The zero-order chi connectivity index (χ0) is 25.9. The van der Waals surface area contributed by atoms with Crippen molar-refractivity contribution >= 4 is 17.7 Å². The van der Waals surface area contributed by atoms with Crippen LogP contribution in [0.1, 0.15) is 49.9 Å². The predicted molar refractivity (Wildman–Crippen MR) is 144 cm³/mol. The first kappa shape index (κ1) is 25.0. The summed E-state index contributed by atoms with van der Waals surface area (Å²) in [5.74, 6) is 2.37. The van der Waals surface area contributed by atoms with E-state index in [2.05, 4.69) is 37.8 Å². The Morgan fingerprint density at radius 3 is 2.78 bits per heavy atom. The first-order valence-corrected chi connectivity index (χ1v) is 12.0. The molecule has 2 heterocycles. The van der Waals surface area contributed by atoms with Crippen LogP contribution in [-0.4, -0.2) is 23.7 Å². The Bertz CT molecular complexity index is 1330. The first-order valence-electron chi connectivity index (χ1n) is 12.0. The number of nitro groups is 1. The van der Waals surface area contributed by atoms with Crippen LogP contribution in [0.4, 0.5) is 0 Å². The van der Waals surface area contributed by atoms with Gasteiger partial charge in [-0.2, -0.15) is 0 Å². The largest absolute Gasteiger partial charge is 0.488 e. The van der Waals surface area contributed by atoms with Crippen molar-refractivity contribution in [1.82, 2.24) is 0 Å². The van der Waals surface area contributed by atoms with Crippen LogP contribution in [0.15, 0.2) is 72.5 Å². The van der Waals surface area contributed by atoms with Crippen molar-refractivity contribution < 1.29 is 19.1 Å². The average molecular weight is 486 g/mol. The fourth-order valence-electron chi connectivity index (χ4n) is 4.05. The van der Waals surface area contributed by atoms with Crippen molar-refractivity contribution in [3.63, 3.8) is 0 Å². The summed E-state index contributed by atoms with van der Waals surface area (Å²) in [7, 11) is 0. The Morgan fingerprint density at radius 1 is 1.25 bits per heavy atom. The Kier molecular flexibility index (Phi) is 7.15. The van der Waals surface area contributed by atoms with E-state index in [-0.39, 0.29) is 17.9 Å². The summed E-state index contributed by atoms with van der Waals surface area (Å²) in [5.41, 5.74) is 5.50. The van der Waals surface area contributed by atoms with Gasteiger partial charge in [0.2, 0.25) is 5.70 Å². The molecule has 186 valence electrons. The molecule has 0 saturated carbocycles. The number of aryl methyl sites for hydroxylation is 1. The lowest BCUT2D eigenvalue weighted by Gasteiger charge is -2.30. The van der Waals surface area contributed by atoms with Crippen LogP contribution in [0.5, 0.6) is 17.2 Å². The van der Waals surface area contributed by atoms with Crippen molar-refractivity contribution in [1.29, 1.82) is 0 Å². The zero-order valence-corrected chi connectivity index (χ0v) is 21.2. The van der Waals surface area contributed by atoms with Crippen molar-refractivity contribution in [3.05, 3.63) is 105 Å². The van der Waals surface area contributed by atoms with E-state index in [1.54, 1.807) is 12.2 Å². The molecule has 0 fully saturated rings. The molecule has 0 amide bonds. The number of nitrogens with zero attached hydrogens (tertiary/aromatic N) is 1. The first-order chi connectivity index (χ1) is 17.2. The third-order valence-corrected chi connectivity index (χ3v) is 6.20. The minimum Gasteiger partial charge on any atom is -0.488 e. The predicted octanol–water partition coefficient (Wildman–Crippen LogP) is 7.04. The third kappa shape index (κ3) is 5.43. The van der Waals surface area contributed by atoms with Gasteiger partial charge in [-0.25, -0.2) is 0 Å². The highest BCUT2D eigenvalue weighted by Gasteiger charge is 2.27. The second-order valence-electron chi connectivity index (χ2n) is 9.38. The highest BCUT2D eigenvalue weighted by Crippen LogP contribution is 2.43. The van der Waals surface area contributed by atoms with Gasteiger partial charge in [0, 0.05) is 29.7 Å². The van der Waals surface area contributed by atoms with Crippen LogP contribution in [0.2, 0.25) is 0 Å². The molecular formula is C30H31NO5. The second kappa shape index (κ2) is 10.3. The van der Waals surface area contributed by atoms with Crippen molar-refractivity contribution in [2.24, 2.45) is 0 Å². The lowest BCUT2D eigenvalue weighted by atomic mass is 9.95. The highest BCUT2D eigenvalue weighted by molar-refractivity contribution is 5.89. The normalized spacial score (nSPS) is 16.2. The Hall–Kier alpha value is -4.06. The van der Waals surface area contributed by atoms with Crippen LogP contribution >= 0.6 is 0 Å². The molecule has 36 heavy (non-hydrogen) atoms. The Labute approximate surface area is 212 Å². The van der Waals surface area contributed by atoms with Crippen molar-refractivity contribution in [2.45, 2.75) is 39.7 Å². The lowest BCUT2D eigenvalue weighted by Crippen LogP contribution is -2.27. The SMILES string of the molecule is C=C/C(=C\C=C(/C)[N+](=O)[O-])COc1cc(CC)ccc1C1=Cc2ccc3c(c2OC1)C=CC(C)(C)O3. The van der Waals surface area contributed by atoms with Crippen molar-refractivity contribution in [3.8, 4) is 17.2 Å². The van der Waals surface area contributed by atoms with Crippen LogP contribution in [-0.2, 0) is 6.42 Å². The van der Waals surface area contributed by atoms with Gasteiger partial charge < -0.3 is 14.2 Å². The molecule has 2 aromatic rings. The number of fused-ring (bicyclic) bond motifs is 3. The van der Waals surface area contributed by atoms with Crippen molar-refractivity contribution in [2.75, 3.05) is 13.2 Å². The molecule has 6 heteroatoms. The van der Waals surface area contributed by atoms with E-state index < -0.39 is 4.92 Å². The molecule has 0 atom stereocenters. The van der Waals surface area contributed by atoms with E-state index in [0.29, 0.717) is 6.61 Å². The number of hydrogen-bond donors (Lipinski definition) is 0. The smallest absolute Gasteiger partial charge is 0.243 e. The van der Waals surface area contributed by atoms with E-state index in [0.717, 1.165) is 57.1 Å². The van der Waals surface area contributed by atoms with Gasteiger partial charge in [0.25, 0.3) is 0 Å². The summed E-state index contributed by atoms with van der Waals surface area (Å²) in [6.07, 6.45) is 11.9. The molecule has 0 spiro atoms. The third-order valence-electron chi connectivity index (χ3n) is 6.20. The summed E-state index contributed by atoms with van der Waals surface area (Å²) >= 11 is 0. The summed E-state index contributed by atoms with van der Waals surface area (Å²) in [5, 5.41) is 10.9. The fourth-order valence-corrected chi connectivity index (χ4v) is 4.05. The van der Waals surface area contributed by atoms with E-state index >= 15 is 0 Å². The summed E-state index contributed by atoms with van der Waals surface area (Å²) in [6.45, 7) is 12.1. The van der Waals surface area contributed by atoms with Gasteiger partial charge in [0.1, 0.15) is 36.1 Å². The molecule has 0 unspecified atom stereocenters. The standard InChI is InChI=1S/C30H31NO5/c1-6-21-10-12-25(28(16-21)34-18-22(7-2)9-8-20(3)31(32)33)24-17-23-11-13-27-26(29(23)35-19-24)14-15-30(4,5)36-27/h7-17H,2,6,18-19H2,1,3-5H3/b20-8+,22-9+. The monoisotopic (exact) mass is 485 g/mol. The molecule has 0 radical (unpaired) electrons. The Morgan fingerprint density at radius 2 is 2.06 bits per heavy atom. The quantitative estimate of drug-likeness (QED) is 0.228. The summed E-state index contributed by atoms with van der Waals surface area (Å²) in [6, 6.07) is 10.2. The maximum absolute atomic E-state index is 10.9. The van der Waals surface area contributed by atoms with Gasteiger partial charge in [-0.1, -0.05) is 31.7 Å². The van der Waals surface area contributed by atoms with E-state index in [1.807, 2.05) is 38.1 Å². The minimum absolute atomic E-state index is 0.0530. The number of allylic oxidation sites excluding steroid dienone is 3. The second-order valence-corrected chi connectivity index (χ2v) is 9.38. The highest BCUT2D eigenvalue weighted by atomic mass is 16.6. The van der Waals surface area contributed by atoms with E-state index in [4.69, 9.17) is 14.2 Å². The molecule has 0 bridgehead atoms. The van der Waals surface area contributed by atoms with Gasteiger partial charge >= 0.3 is 0 Å². The maximum Gasteiger partial charge on any atom is 0.243 e. The average Bonchev–Trinajstić information content (AvgIpc) is 2.87. The van der Waals surface area contributed by atoms with Gasteiger partial charge in [-0.05, 0) is 73.9 Å². The lowest BCUT2D eigenvalue weighted by molar-refractivity contribution is -0.424. The van der Waals surface area contributed by atoms with E-state index in [1.165, 1.54) is 13.0 Å². The molecule has 0 saturated heterocycles. The maximum atomic E-state index is 10.9. The molecule has 2 aliphatic heterocycles. The molecule has 0 aliphatic carbocycles. The fraction of sp³-hybridized carbons (Fsp3) is 0.267. The van der Waals surface area contributed by atoms with Gasteiger partial charge in [0.15, 0.2) is 0 Å². The van der Waals surface area contributed by atoms with Gasteiger partial charge in [0.05, 0.1) is 10.5 Å². The van der Waals surface area contributed by atoms with Gasteiger partial charge in [-0.3, -0.25) is 10.1 Å². The molecule has 0 aromatic heterocycles. The van der Waals surface area contributed by atoms with E-state index in [9.17, 15) is 10.1 Å². The topological polar surface area (TPSA) is 70.8 Å². The zero-order valence-electron chi connectivity index (χ0n) is 21.2. The molecule has 2 aliphatic rings. The van der Waals surface area contributed by atoms with Gasteiger partial charge in [-0.15, -0.1) is 0 Å². The molecule has 6 nitrogen and oxygen atoms in total. The molecular weight excluding hydrogens is 454 g/mol. The summed E-state index contributed by atoms with van der Waals surface area (Å²) < 4.78 is 18.6. The number of rotatable bonds is 8. The number of ether oxygens (including phenoxy) is 3. The van der Waals surface area contributed by atoms with Crippen LogP contribution < -0.4 is 14.2 Å². The molecule has 0 N–H and O–H groups in total. The number of hydrogen-bond acceptors (Lipinski definition) is 5. The number of benzene rings is 2. The molecule has 2 aromatic carbocycles. The van der Waals surface area contributed by atoms with Crippen LogP contribution in [0, 0.1) is 10.1 Å². The van der Waals surface area contributed by atoms with Crippen LogP contribution in [0.25, 0.3) is 17.7 Å².